The number of benzene rings is 9. The Labute approximate surface area is 335 Å². The summed E-state index contributed by atoms with van der Waals surface area (Å²) in [5.41, 5.74) is 19.3. The lowest BCUT2D eigenvalue weighted by atomic mass is 9.70. The fourth-order valence-electron chi connectivity index (χ4n) is 10.6. The van der Waals surface area contributed by atoms with E-state index in [1.165, 1.54) is 93.6 Å². The highest BCUT2D eigenvalue weighted by atomic mass is 15.0. The lowest BCUT2D eigenvalue weighted by molar-refractivity contribution is 0.795. The van der Waals surface area contributed by atoms with E-state index in [9.17, 15) is 0 Å². The summed E-state index contributed by atoms with van der Waals surface area (Å²) in [6.07, 6.45) is 0. The first-order valence-electron chi connectivity index (χ1n) is 20.1. The summed E-state index contributed by atoms with van der Waals surface area (Å²) in [7, 11) is 0. The van der Waals surface area contributed by atoms with E-state index in [1.807, 2.05) is 0 Å². The van der Waals surface area contributed by atoms with Crippen LogP contribution in [0.5, 0.6) is 0 Å². The third kappa shape index (κ3) is 4.13. The Balaban J connectivity index is 1.00. The maximum absolute atomic E-state index is 5.45. The van der Waals surface area contributed by atoms with Gasteiger partial charge in [0.05, 0.1) is 27.7 Å². The highest BCUT2D eigenvalue weighted by molar-refractivity contribution is 6.14. The third-order valence-corrected chi connectivity index (χ3v) is 13.0. The number of pyridine rings is 1. The Hall–Kier alpha value is -7.55. The zero-order valence-electron chi connectivity index (χ0n) is 31.5. The molecule has 11 aromatic rings. The van der Waals surface area contributed by atoms with Crippen molar-refractivity contribution in [3.63, 3.8) is 0 Å². The summed E-state index contributed by atoms with van der Waals surface area (Å²) < 4.78 is 2.37. The molecule has 2 aromatic heterocycles. The molecule has 2 heteroatoms. The van der Waals surface area contributed by atoms with Gasteiger partial charge in [-0.15, -0.1) is 0 Å². The standard InChI is InChI=1S/C56H34N2/c1-7-22-48-39(16-1)40-17-2-8-23-49(40)56(48)50-24-9-3-18-41(50)46-33-47-45(34-51(46)56)42-19-4-10-25-52(42)57-55(47)37-15-13-14-36(32-37)35-28-30-38(31-29-35)58-53-26-11-5-20-43(53)44-21-6-12-27-54(44)58/h1-34H. The second-order valence-corrected chi connectivity index (χ2v) is 15.8. The van der Waals surface area contributed by atoms with Gasteiger partial charge in [0.1, 0.15) is 0 Å². The Morgan fingerprint density at radius 2 is 0.862 bits per heavy atom. The number of hydrogen-bond acceptors (Lipinski definition) is 1. The maximum atomic E-state index is 5.45. The van der Waals surface area contributed by atoms with Crippen LogP contribution in [0.2, 0.25) is 0 Å². The highest BCUT2D eigenvalue weighted by Crippen LogP contribution is 2.63. The second-order valence-electron chi connectivity index (χ2n) is 15.8. The van der Waals surface area contributed by atoms with Crippen LogP contribution in [0, 0.1) is 0 Å². The first-order valence-corrected chi connectivity index (χ1v) is 20.1. The quantitative estimate of drug-likeness (QED) is 0.165. The fraction of sp³-hybridized carbons (Fsp3) is 0.0179. The van der Waals surface area contributed by atoms with Crippen molar-refractivity contribution in [1.82, 2.24) is 9.55 Å². The molecule has 0 bridgehead atoms. The number of hydrogen-bond donors (Lipinski definition) is 0. The number of nitrogens with zero attached hydrogens (tertiary/aromatic N) is 2. The van der Waals surface area contributed by atoms with Gasteiger partial charge < -0.3 is 4.57 Å². The summed E-state index contributed by atoms with van der Waals surface area (Å²) in [5.74, 6) is 0. The molecule has 0 saturated carbocycles. The zero-order valence-corrected chi connectivity index (χ0v) is 31.5. The smallest absolute Gasteiger partial charge is 0.0788 e. The summed E-state index contributed by atoms with van der Waals surface area (Å²) in [6, 6.07) is 76.0. The van der Waals surface area contributed by atoms with Crippen LogP contribution in [0.25, 0.3) is 93.8 Å². The summed E-state index contributed by atoms with van der Waals surface area (Å²) in [5, 5.41) is 6.11. The molecule has 0 radical (unpaired) electrons. The van der Waals surface area contributed by atoms with Gasteiger partial charge in [0.15, 0.2) is 0 Å². The van der Waals surface area contributed by atoms with E-state index in [1.54, 1.807) is 0 Å². The molecule has 13 rings (SSSR count). The lowest BCUT2D eigenvalue weighted by Crippen LogP contribution is -2.25. The molecule has 0 fully saturated rings. The van der Waals surface area contributed by atoms with Gasteiger partial charge in [-0.1, -0.05) is 158 Å². The van der Waals surface area contributed by atoms with Crippen molar-refractivity contribution in [3.05, 3.63) is 229 Å². The van der Waals surface area contributed by atoms with Crippen molar-refractivity contribution < 1.29 is 0 Å². The van der Waals surface area contributed by atoms with Crippen molar-refractivity contribution in [2.75, 3.05) is 0 Å². The van der Waals surface area contributed by atoms with E-state index in [2.05, 4.69) is 211 Å². The minimum Gasteiger partial charge on any atom is -0.309 e. The summed E-state index contributed by atoms with van der Waals surface area (Å²) in [4.78, 5) is 5.45. The number of aromatic nitrogens is 2. The van der Waals surface area contributed by atoms with Gasteiger partial charge in [0, 0.05) is 32.8 Å². The Morgan fingerprint density at radius 3 is 1.52 bits per heavy atom. The van der Waals surface area contributed by atoms with Gasteiger partial charge in [0.25, 0.3) is 0 Å². The molecule has 2 nitrogen and oxygen atoms in total. The van der Waals surface area contributed by atoms with Crippen molar-refractivity contribution in [2.24, 2.45) is 0 Å². The molecule has 0 N–H and O–H groups in total. The van der Waals surface area contributed by atoms with Gasteiger partial charge in [-0.25, -0.2) is 4.98 Å². The van der Waals surface area contributed by atoms with Gasteiger partial charge >= 0.3 is 0 Å². The summed E-state index contributed by atoms with van der Waals surface area (Å²) in [6.45, 7) is 0. The van der Waals surface area contributed by atoms with Crippen molar-refractivity contribution >= 4 is 43.5 Å². The second kappa shape index (κ2) is 11.7. The van der Waals surface area contributed by atoms with Gasteiger partial charge in [0.2, 0.25) is 0 Å². The fourth-order valence-corrected chi connectivity index (χ4v) is 10.6. The molecule has 9 aromatic carbocycles. The van der Waals surface area contributed by atoms with E-state index in [-0.39, 0.29) is 0 Å². The molecule has 0 aliphatic heterocycles. The molecule has 0 atom stereocenters. The van der Waals surface area contributed by atoms with Crippen molar-refractivity contribution in [2.45, 2.75) is 5.41 Å². The predicted molar refractivity (Wildman–Crippen MR) is 241 cm³/mol. The minimum atomic E-state index is -0.400. The van der Waals surface area contributed by atoms with Crippen molar-refractivity contribution in [3.8, 4) is 50.3 Å². The molecule has 0 saturated heterocycles. The van der Waals surface area contributed by atoms with Crippen LogP contribution in [0.3, 0.4) is 0 Å². The Bertz CT molecular complexity index is 3410. The first kappa shape index (κ1) is 31.6. The van der Waals surface area contributed by atoms with E-state index >= 15 is 0 Å². The van der Waals surface area contributed by atoms with Crippen LogP contribution in [0.4, 0.5) is 0 Å². The monoisotopic (exact) mass is 734 g/mol. The first-order chi connectivity index (χ1) is 28.8. The van der Waals surface area contributed by atoms with Crippen LogP contribution < -0.4 is 0 Å². The largest absolute Gasteiger partial charge is 0.309 e. The van der Waals surface area contributed by atoms with Crippen LogP contribution in [0.15, 0.2) is 206 Å². The molecular formula is C56H34N2. The van der Waals surface area contributed by atoms with E-state index in [4.69, 9.17) is 4.98 Å². The lowest BCUT2D eigenvalue weighted by Gasteiger charge is -2.30. The van der Waals surface area contributed by atoms with E-state index < -0.39 is 5.41 Å². The van der Waals surface area contributed by atoms with E-state index in [0.717, 1.165) is 22.5 Å². The molecule has 268 valence electrons. The molecule has 2 aliphatic carbocycles. The number of para-hydroxylation sites is 3. The van der Waals surface area contributed by atoms with Crippen LogP contribution in [-0.4, -0.2) is 9.55 Å². The molecule has 1 spiro atoms. The number of rotatable bonds is 3. The topological polar surface area (TPSA) is 17.8 Å². The maximum Gasteiger partial charge on any atom is 0.0788 e. The summed E-state index contributed by atoms with van der Waals surface area (Å²) >= 11 is 0. The third-order valence-electron chi connectivity index (χ3n) is 13.0. The van der Waals surface area contributed by atoms with Crippen LogP contribution in [0.1, 0.15) is 22.3 Å². The van der Waals surface area contributed by atoms with E-state index in [0.29, 0.717) is 0 Å². The Kier molecular flexibility index (Phi) is 6.40. The Morgan fingerprint density at radius 1 is 0.328 bits per heavy atom. The van der Waals surface area contributed by atoms with Crippen LogP contribution in [-0.2, 0) is 5.41 Å². The van der Waals surface area contributed by atoms with Crippen LogP contribution >= 0.6 is 0 Å². The zero-order chi connectivity index (χ0) is 38.0. The number of fused-ring (bicyclic) bond motifs is 16. The molecule has 0 amide bonds. The van der Waals surface area contributed by atoms with Crippen molar-refractivity contribution in [1.29, 1.82) is 0 Å². The predicted octanol–water partition coefficient (Wildman–Crippen LogP) is 14.2. The average molecular weight is 735 g/mol. The molecule has 2 heterocycles. The van der Waals surface area contributed by atoms with Gasteiger partial charge in [-0.2, -0.15) is 0 Å². The minimum absolute atomic E-state index is 0.400. The molecule has 58 heavy (non-hydrogen) atoms. The molecular weight excluding hydrogens is 701 g/mol. The average Bonchev–Trinajstić information content (AvgIpc) is 3.90. The van der Waals surface area contributed by atoms with Gasteiger partial charge in [-0.3, -0.25) is 0 Å². The van der Waals surface area contributed by atoms with Gasteiger partial charge in [-0.05, 0) is 110 Å². The normalized spacial score (nSPS) is 13.3. The molecule has 0 unspecified atom stereocenters. The highest BCUT2D eigenvalue weighted by Gasteiger charge is 2.51. The molecule has 2 aliphatic rings. The SMILES string of the molecule is c1cc(-c2ccc(-n3c4ccccc4c4ccccc43)cc2)cc(-c2nc3ccccc3c3cc4c(cc23)-c2ccccc2C42c3ccccc3-c3ccccc32)c1.